The van der Waals surface area contributed by atoms with Gasteiger partial charge in [-0.15, -0.1) is 10.2 Å². The van der Waals surface area contributed by atoms with Crippen LogP contribution in [0.4, 0.5) is 10.1 Å². The van der Waals surface area contributed by atoms with Crippen LogP contribution >= 0.6 is 0 Å². The fraction of sp³-hybridized carbons (Fsp3) is 0.417. The molecule has 5 nitrogen and oxygen atoms in total. The molecule has 1 N–H and O–H groups in total. The largest absolute Gasteiger partial charge is 0.384 e. The van der Waals surface area contributed by atoms with Crippen LogP contribution in [0.15, 0.2) is 18.2 Å². The third-order valence-corrected chi connectivity index (χ3v) is 3.13. The summed E-state index contributed by atoms with van der Waals surface area (Å²) in [5.74, 6) is 0.431. The predicted octanol–water partition coefficient (Wildman–Crippen LogP) is 1.43. The van der Waals surface area contributed by atoms with Crippen LogP contribution in [0.1, 0.15) is 23.1 Å². The Labute approximate surface area is 104 Å². The highest BCUT2D eigenvalue weighted by molar-refractivity contribution is 5.61. The van der Waals surface area contributed by atoms with Crippen molar-refractivity contribution in [1.29, 1.82) is 0 Å². The van der Waals surface area contributed by atoms with Crippen LogP contribution in [0.3, 0.4) is 0 Å². The molecule has 18 heavy (non-hydrogen) atoms. The first kappa shape index (κ1) is 11.1. The number of halogens is 1. The lowest BCUT2D eigenvalue weighted by Crippen LogP contribution is -2.03. The quantitative estimate of drug-likeness (QED) is 0.891. The average molecular weight is 247 g/mol. The molecule has 1 aromatic carbocycles. The van der Waals surface area contributed by atoms with E-state index in [1.54, 1.807) is 7.05 Å². The number of tetrazole rings is 1. The highest BCUT2D eigenvalue weighted by Gasteiger charge is 2.21. The standard InChI is InChI=1S/C12H14FN5/c1-18-16-11(15-17-18)7-10(13)9-4-2-3-8-5-6-14-12(8)9/h2-4,10,14H,5-7H2,1H3. The normalized spacial score (nSPS) is 15.2. The minimum absolute atomic E-state index is 0.159. The molecule has 2 aromatic rings. The first-order valence-corrected chi connectivity index (χ1v) is 5.96. The van der Waals surface area contributed by atoms with Crippen LogP contribution < -0.4 is 5.32 Å². The van der Waals surface area contributed by atoms with Gasteiger partial charge >= 0.3 is 0 Å². The lowest BCUT2D eigenvalue weighted by atomic mass is 10.0. The van der Waals surface area contributed by atoms with Crippen LogP contribution in [0.5, 0.6) is 0 Å². The number of hydrogen-bond donors (Lipinski definition) is 1. The third kappa shape index (κ3) is 1.94. The van der Waals surface area contributed by atoms with Crippen molar-refractivity contribution in [2.24, 2.45) is 7.05 Å². The Morgan fingerprint density at radius 1 is 1.50 bits per heavy atom. The Balaban J connectivity index is 1.84. The maximum absolute atomic E-state index is 14.3. The molecule has 0 radical (unpaired) electrons. The first-order chi connectivity index (χ1) is 8.74. The van der Waals surface area contributed by atoms with E-state index in [0.29, 0.717) is 11.4 Å². The topological polar surface area (TPSA) is 55.6 Å². The van der Waals surface area contributed by atoms with Crippen molar-refractivity contribution in [3.05, 3.63) is 35.2 Å². The van der Waals surface area contributed by atoms with E-state index in [1.807, 2.05) is 18.2 Å². The molecule has 3 rings (SSSR count). The maximum atomic E-state index is 14.3. The molecule has 1 unspecified atom stereocenters. The number of hydrogen-bond acceptors (Lipinski definition) is 4. The Morgan fingerprint density at radius 2 is 2.39 bits per heavy atom. The van der Waals surface area contributed by atoms with Gasteiger partial charge in [0.25, 0.3) is 0 Å². The van der Waals surface area contributed by atoms with E-state index in [4.69, 9.17) is 0 Å². The molecule has 1 aliphatic rings. The third-order valence-electron chi connectivity index (χ3n) is 3.13. The van der Waals surface area contributed by atoms with E-state index in [2.05, 4.69) is 20.7 Å². The van der Waals surface area contributed by atoms with Gasteiger partial charge < -0.3 is 5.32 Å². The van der Waals surface area contributed by atoms with Gasteiger partial charge in [-0.3, -0.25) is 0 Å². The van der Waals surface area contributed by atoms with E-state index in [0.717, 1.165) is 18.7 Å². The predicted molar refractivity (Wildman–Crippen MR) is 65.0 cm³/mol. The molecule has 0 amide bonds. The van der Waals surface area contributed by atoms with Gasteiger partial charge in [-0.25, -0.2) is 4.39 Å². The number of benzene rings is 1. The first-order valence-electron chi connectivity index (χ1n) is 5.96. The Kier molecular flexibility index (Phi) is 2.70. The molecular formula is C12H14FN5. The molecule has 2 heterocycles. The fourth-order valence-corrected chi connectivity index (χ4v) is 2.30. The van der Waals surface area contributed by atoms with Gasteiger partial charge in [0, 0.05) is 24.2 Å². The SMILES string of the molecule is Cn1nnc(CC(F)c2cccc3c2NCC3)n1. The molecular weight excluding hydrogens is 233 g/mol. The van der Waals surface area contributed by atoms with Gasteiger partial charge in [0.05, 0.1) is 7.05 Å². The number of para-hydroxylation sites is 1. The summed E-state index contributed by atoms with van der Waals surface area (Å²) in [5.41, 5.74) is 2.81. The van der Waals surface area contributed by atoms with Crippen molar-refractivity contribution in [1.82, 2.24) is 20.2 Å². The van der Waals surface area contributed by atoms with E-state index in [9.17, 15) is 4.39 Å². The lowest BCUT2D eigenvalue weighted by molar-refractivity contribution is 0.337. The van der Waals surface area contributed by atoms with Crippen molar-refractivity contribution < 1.29 is 4.39 Å². The second-order valence-electron chi connectivity index (χ2n) is 4.42. The minimum Gasteiger partial charge on any atom is -0.384 e. The van der Waals surface area contributed by atoms with Crippen LogP contribution in [0.25, 0.3) is 0 Å². The number of nitrogens with zero attached hydrogens (tertiary/aromatic N) is 4. The molecule has 6 heteroatoms. The zero-order valence-electron chi connectivity index (χ0n) is 10.1. The number of fused-ring (bicyclic) bond motifs is 1. The fourth-order valence-electron chi connectivity index (χ4n) is 2.30. The van der Waals surface area contributed by atoms with Crippen LogP contribution in [0, 0.1) is 0 Å². The van der Waals surface area contributed by atoms with Crippen molar-refractivity contribution in [2.75, 3.05) is 11.9 Å². The summed E-state index contributed by atoms with van der Waals surface area (Å²) in [6, 6.07) is 5.75. The second-order valence-corrected chi connectivity index (χ2v) is 4.42. The van der Waals surface area contributed by atoms with Gasteiger partial charge in [0.1, 0.15) is 6.17 Å². The number of rotatable bonds is 3. The zero-order valence-corrected chi connectivity index (χ0v) is 10.1. The number of aromatic nitrogens is 4. The molecule has 94 valence electrons. The van der Waals surface area contributed by atoms with Crippen molar-refractivity contribution in [3.8, 4) is 0 Å². The molecule has 1 aliphatic heterocycles. The summed E-state index contributed by atoms with van der Waals surface area (Å²) in [4.78, 5) is 1.34. The Morgan fingerprint density at radius 3 is 3.17 bits per heavy atom. The summed E-state index contributed by atoms with van der Waals surface area (Å²) in [5, 5.41) is 14.8. The number of nitrogens with one attached hydrogen (secondary N) is 1. The van der Waals surface area contributed by atoms with E-state index < -0.39 is 6.17 Å². The van der Waals surface area contributed by atoms with Crippen LogP contribution in [-0.4, -0.2) is 26.8 Å². The summed E-state index contributed by atoms with van der Waals surface area (Å²) in [7, 11) is 1.67. The number of anilines is 1. The lowest BCUT2D eigenvalue weighted by Gasteiger charge is -2.11. The highest BCUT2D eigenvalue weighted by atomic mass is 19.1. The molecule has 0 saturated heterocycles. The molecule has 0 bridgehead atoms. The van der Waals surface area contributed by atoms with E-state index >= 15 is 0 Å². The van der Waals surface area contributed by atoms with Crippen molar-refractivity contribution in [3.63, 3.8) is 0 Å². The molecule has 1 atom stereocenters. The van der Waals surface area contributed by atoms with E-state index in [-0.39, 0.29) is 6.42 Å². The summed E-state index contributed by atoms with van der Waals surface area (Å²) in [6.45, 7) is 0.877. The maximum Gasteiger partial charge on any atom is 0.178 e. The summed E-state index contributed by atoms with van der Waals surface area (Å²) >= 11 is 0. The van der Waals surface area contributed by atoms with Gasteiger partial charge in [-0.05, 0) is 17.2 Å². The van der Waals surface area contributed by atoms with Crippen molar-refractivity contribution >= 4 is 5.69 Å². The zero-order chi connectivity index (χ0) is 12.5. The van der Waals surface area contributed by atoms with Gasteiger partial charge in [-0.2, -0.15) is 4.80 Å². The van der Waals surface area contributed by atoms with E-state index in [1.165, 1.54) is 10.4 Å². The van der Waals surface area contributed by atoms with Gasteiger partial charge in [-0.1, -0.05) is 18.2 Å². The monoisotopic (exact) mass is 247 g/mol. The average Bonchev–Trinajstić information content (AvgIpc) is 2.97. The second kappa shape index (κ2) is 4.36. The molecule has 0 spiro atoms. The molecule has 0 saturated carbocycles. The molecule has 0 fully saturated rings. The number of alkyl halides is 1. The minimum atomic E-state index is -1.10. The summed E-state index contributed by atoms with van der Waals surface area (Å²) < 4.78 is 14.3. The van der Waals surface area contributed by atoms with Gasteiger partial charge in [0.15, 0.2) is 5.82 Å². The summed E-state index contributed by atoms with van der Waals surface area (Å²) in [6.07, 6.45) is 0.0142. The smallest absolute Gasteiger partial charge is 0.178 e. The van der Waals surface area contributed by atoms with Crippen molar-refractivity contribution in [2.45, 2.75) is 19.0 Å². The van der Waals surface area contributed by atoms with Gasteiger partial charge in [0.2, 0.25) is 0 Å². The number of aryl methyl sites for hydroxylation is 1. The molecule has 0 aliphatic carbocycles. The Bertz CT molecular complexity index is 565. The Hall–Kier alpha value is -1.98. The van der Waals surface area contributed by atoms with Crippen LogP contribution in [-0.2, 0) is 19.9 Å². The van der Waals surface area contributed by atoms with Crippen LogP contribution in [0.2, 0.25) is 0 Å². The molecule has 1 aromatic heterocycles. The highest BCUT2D eigenvalue weighted by Crippen LogP contribution is 2.33.